The van der Waals surface area contributed by atoms with E-state index in [9.17, 15) is 4.79 Å². The van der Waals surface area contributed by atoms with Gasteiger partial charge < -0.3 is 14.5 Å². The molecule has 5 rings (SSSR count). The normalized spacial score (nSPS) is 10.9. The number of benzene rings is 4. The van der Waals surface area contributed by atoms with Crippen molar-refractivity contribution in [1.29, 1.82) is 0 Å². The van der Waals surface area contributed by atoms with Gasteiger partial charge in [-0.1, -0.05) is 42.5 Å². The second kappa shape index (κ2) is 9.24. The average Bonchev–Trinajstić information content (AvgIpc) is 3.28. The predicted octanol–water partition coefficient (Wildman–Crippen LogP) is 6.94. The highest BCUT2D eigenvalue weighted by Gasteiger charge is 2.12. The monoisotopic (exact) mass is 448 g/mol. The standard InChI is InChI=1S/C29H24N2O3/c1-19-15-20(2)27-26(16-19)31-29(34-27)22-11-13-24(14-12-22)30-28(32)23-9-6-10-25(17-23)33-18-21-7-4-3-5-8-21/h3-17H,18H2,1-2H3,(H,30,32). The smallest absolute Gasteiger partial charge is 0.255 e. The van der Waals surface area contributed by atoms with Gasteiger partial charge in [0.25, 0.3) is 5.91 Å². The van der Waals surface area contributed by atoms with Crippen LogP contribution in [0.3, 0.4) is 0 Å². The van der Waals surface area contributed by atoms with Gasteiger partial charge in [-0.15, -0.1) is 0 Å². The summed E-state index contributed by atoms with van der Waals surface area (Å²) in [5, 5.41) is 2.94. The van der Waals surface area contributed by atoms with E-state index in [-0.39, 0.29) is 5.91 Å². The van der Waals surface area contributed by atoms with E-state index in [1.807, 2.05) is 86.6 Å². The molecule has 168 valence electrons. The van der Waals surface area contributed by atoms with Crippen molar-refractivity contribution < 1.29 is 13.9 Å². The van der Waals surface area contributed by atoms with E-state index in [4.69, 9.17) is 9.15 Å². The molecule has 0 spiro atoms. The molecule has 0 atom stereocenters. The number of rotatable bonds is 6. The van der Waals surface area contributed by atoms with Crippen LogP contribution in [0.25, 0.3) is 22.6 Å². The molecule has 4 aromatic carbocycles. The number of hydrogen-bond acceptors (Lipinski definition) is 4. The summed E-state index contributed by atoms with van der Waals surface area (Å²) in [6.45, 7) is 4.51. The molecule has 0 fully saturated rings. The van der Waals surface area contributed by atoms with Crippen molar-refractivity contribution in [2.75, 3.05) is 5.32 Å². The Morgan fingerprint density at radius 3 is 2.50 bits per heavy atom. The summed E-state index contributed by atoms with van der Waals surface area (Å²) in [7, 11) is 0. The first-order valence-electron chi connectivity index (χ1n) is 11.1. The summed E-state index contributed by atoms with van der Waals surface area (Å²) in [4.78, 5) is 17.4. The molecule has 0 saturated carbocycles. The van der Waals surface area contributed by atoms with Crippen LogP contribution in [0, 0.1) is 13.8 Å². The van der Waals surface area contributed by atoms with Crippen LogP contribution in [0.4, 0.5) is 5.69 Å². The first kappa shape index (κ1) is 21.5. The highest BCUT2D eigenvalue weighted by Crippen LogP contribution is 2.28. The molecule has 5 nitrogen and oxygen atoms in total. The molecule has 0 aliphatic carbocycles. The van der Waals surface area contributed by atoms with E-state index < -0.39 is 0 Å². The molecule has 1 N–H and O–H groups in total. The fourth-order valence-electron chi connectivity index (χ4n) is 3.87. The third-order valence-corrected chi connectivity index (χ3v) is 5.55. The molecule has 34 heavy (non-hydrogen) atoms. The Bertz CT molecular complexity index is 1450. The van der Waals surface area contributed by atoms with Crippen molar-refractivity contribution in [3.05, 3.63) is 113 Å². The number of carbonyl (C=O) groups excluding carboxylic acids is 1. The Hall–Kier alpha value is -4.38. The second-order valence-corrected chi connectivity index (χ2v) is 8.28. The molecular weight excluding hydrogens is 424 g/mol. The van der Waals surface area contributed by atoms with E-state index in [0.717, 1.165) is 33.4 Å². The molecule has 1 aromatic heterocycles. The molecule has 0 aliphatic heterocycles. The first-order chi connectivity index (χ1) is 16.5. The zero-order chi connectivity index (χ0) is 23.5. The van der Waals surface area contributed by atoms with Crippen LogP contribution in [0.2, 0.25) is 0 Å². The number of anilines is 1. The van der Waals surface area contributed by atoms with Gasteiger partial charge in [-0.3, -0.25) is 4.79 Å². The van der Waals surface area contributed by atoms with Crippen LogP contribution in [0.1, 0.15) is 27.0 Å². The van der Waals surface area contributed by atoms with Gasteiger partial charge in [0.15, 0.2) is 5.58 Å². The zero-order valence-corrected chi connectivity index (χ0v) is 19.0. The van der Waals surface area contributed by atoms with E-state index in [1.165, 1.54) is 0 Å². The van der Waals surface area contributed by atoms with Gasteiger partial charge in [-0.25, -0.2) is 4.98 Å². The highest BCUT2D eigenvalue weighted by atomic mass is 16.5. The van der Waals surface area contributed by atoms with Crippen molar-refractivity contribution in [1.82, 2.24) is 4.98 Å². The maximum absolute atomic E-state index is 12.8. The van der Waals surface area contributed by atoms with Crippen molar-refractivity contribution in [2.24, 2.45) is 0 Å². The zero-order valence-electron chi connectivity index (χ0n) is 19.0. The minimum atomic E-state index is -0.203. The summed E-state index contributed by atoms with van der Waals surface area (Å²) < 4.78 is 11.8. The van der Waals surface area contributed by atoms with Gasteiger partial charge >= 0.3 is 0 Å². The third-order valence-electron chi connectivity index (χ3n) is 5.55. The van der Waals surface area contributed by atoms with E-state index in [1.54, 1.807) is 12.1 Å². The number of aromatic nitrogens is 1. The van der Waals surface area contributed by atoms with Crippen LogP contribution >= 0.6 is 0 Å². The number of fused-ring (bicyclic) bond motifs is 1. The topological polar surface area (TPSA) is 64.4 Å². The van der Waals surface area contributed by atoms with Crippen LogP contribution in [0.5, 0.6) is 5.75 Å². The number of carbonyl (C=O) groups is 1. The molecule has 0 radical (unpaired) electrons. The van der Waals surface area contributed by atoms with Gasteiger partial charge in [-0.2, -0.15) is 0 Å². The van der Waals surface area contributed by atoms with Gasteiger partial charge in [0.1, 0.15) is 17.9 Å². The number of nitrogens with zero attached hydrogens (tertiary/aromatic N) is 1. The molecule has 5 aromatic rings. The number of amides is 1. The van der Waals surface area contributed by atoms with Crippen LogP contribution in [-0.4, -0.2) is 10.9 Å². The average molecular weight is 449 g/mol. The lowest BCUT2D eigenvalue weighted by Crippen LogP contribution is -2.11. The van der Waals surface area contributed by atoms with Crippen LogP contribution in [0.15, 0.2) is 95.4 Å². The van der Waals surface area contributed by atoms with E-state index in [2.05, 4.69) is 16.4 Å². The van der Waals surface area contributed by atoms with E-state index >= 15 is 0 Å². The number of nitrogens with one attached hydrogen (secondary N) is 1. The highest BCUT2D eigenvalue weighted by molar-refractivity contribution is 6.04. The summed E-state index contributed by atoms with van der Waals surface area (Å²) in [6.07, 6.45) is 0. The molecule has 1 amide bonds. The van der Waals surface area contributed by atoms with Gasteiger partial charge in [-0.05, 0) is 79.1 Å². The lowest BCUT2D eigenvalue weighted by atomic mass is 10.1. The second-order valence-electron chi connectivity index (χ2n) is 8.28. The fraction of sp³-hybridized carbons (Fsp3) is 0.103. The molecule has 1 heterocycles. The maximum atomic E-state index is 12.8. The minimum Gasteiger partial charge on any atom is -0.489 e. The Morgan fingerprint density at radius 2 is 1.71 bits per heavy atom. The maximum Gasteiger partial charge on any atom is 0.255 e. The van der Waals surface area contributed by atoms with Crippen molar-refractivity contribution >= 4 is 22.7 Å². The molecule has 5 heteroatoms. The molecular formula is C29H24N2O3. The summed E-state index contributed by atoms with van der Waals surface area (Å²) >= 11 is 0. The lowest BCUT2D eigenvalue weighted by molar-refractivity contribution is 0.102. The quantitative estimate of drug-likeness (QED) is 0.305. The lowest BCUT2D eigenvalue weighted by Gasteiger charge is -2.09. The summed E-state index contributed by atoms with van der Waals surface area (Å²) in [5.41, 5.74) is 6.99. The number of ether oxygens (including phenoxy) is 1. The Kier molecular flexibility index (Phi) is 5.83. The van der Waals surface area contributed by atoms with Gasteiger partial charge in [0.05, 0.1) is 0 Å². The third kappa shape index (κ3) is 4.69. The van der Waals surface area contributed by atoms with Gasteiger partial charge in [0, 0.05) is 16.8 Å². The Morgan fingerprint density at radius 1 is 0.912 bits per heavy atom. The SMILES string of the molecule is Cc1cc(C)c2oc(-c3ccc(NC(=O)c4cccc(OCc5ccccc5)c4)cc3)nc2c1. The largest absolute Gasteiger partial charge is 0.489 e. The number of aryl methyl sites for hydroxylation is 2. The molecule has 0 unspecified atom stereocenters. The summed E-state index contributed by atoms with van der Waals surface area (Å²) in [6, 6.07) is 28.7. The van der Waals surface area contributed by atoms with E-state index in [0.29, 0.717) is 29.5 Å². The molecule has 0 saturated heterocycles. The number of hydrogen-bond donors (Lipinski definition) is 1. The van der Waals surface area contributed by atoms with Gasteiger partial charge in [0.2, 0.25) is 5.89 Å². The van der Waals surface area contributed by atoms with Crippen molar-refractivity contribution in [3.63, 3.8) is 0 Å². The number of oxazole rings is 1. The fourth-order valence-corrected chi connectivity index (χ4v) is 3.87. The molecule has 0 bridgehead atoms. The van der Waals surface area contributed by atoms with Crippen molar-refractivity contribution in [3.8, 4) is 17.2 Å². The Balaban J connectivity index is 1.27. The van der Waals surface area contributed by atoms with Crippen LogP contribution < -0.4 is 10.1 Å². The van der Waals surface area contributed by atoms with Crippen LogP contribution in [-0.2, 0) is 6.61 Å². The first-order valence-corrected chi connectivity index (χ1v) is 11.1. The predicted molar refractivity (Wildman–Crippen MR) is 134 cm³/mol. The summed E-state index contributed by atoms with van der Waals surface area (Å²) in [5.74, 6) is 1.00. The Labute approximate surface area is 198 Å². The molecule has 0 aliphatic rings. The minimum absolute atomic E-state index is 0.203. The van der Waals surface area contributed by atoms with Crippen molar-refractivity contribution in [2.45, 2.75) is 20.5 Å².